The maximum Gasteiger partial charge on any atom is 0.409 e. The first-order chi connectivity index (χ1) is 6.66. The molecule has 0 aliphatic heterocycles. The molecule has 1 heterocycles. The topological polar surface area (TPSA) is 65.1 Å². The summed E-state index contributed by atoms with van der Waals surface area (Å²) in [6, 6.07) is 5.40. The minimum Gasteiger partial charge on any atom is -0.465 e. The Balaban J connectivity index is 2.46. The van der Waals surface area contributed by atoms with Crippen LogP contribution in [0.2, 0.25) is 0 Å². The number of aromatic amines is 1. The molecular weight excluding hydrogens is 295 g/mol. The molecule has 0 spiro atoms. The first kappa shape index (κ1) is 9.32. The van der Waals surface area contributed by atoms with Crippen LogP contribution in [-0.4, -0.2) is 16.2 Å². The molecule has 0 bridgehead atoms. The van der Waals surface area contributed by atoms with Gasteiger partial charge in [0.1, 0.15) is 0 Å². The number of halogens is 1. The summed E-state index contributed by atoms with van der Waals surface area (Å²) in [5.74, 6) is 0. The van der Waals surface area contributed by atoms with Gasteiger partial charge < -0.3 is 10.1 Å². The average molecular weight is 302 g/mol. The van der Waals surface area contributed by atoms with Crippen LogP contribution in [0.1, 0.15) is 0 Å². The van der Waals surface area contributed by atoms with Crippen molar-refractivity contribution >= 4 is 45.3 Å². The Bertz CT molecular complexity index is 493. The fourth-order valence-electron chi connectivity index (χ4n) is 1.29. The summed E-state index contributed by atoms with van der Waals surface area (Å²) < 4.78 is 1.12. The number of carboxylic acid groups (broad SMARTS) is 1. The highest BCUT2D eigenvalue weighted by Crippen LogP contribution is 2.22. The predicted octanol–water partition coefficient (Wildman–Crippen LogP) is 2.86. The van der Waals surface area contributed by atoms with Gasteiger partial charge in [0.2, 0.25) is 0 Å². The number of aromatic nitrogens is 1. The van der Waals surface area contributed by atoms with E-state index in [4.69, 9.17) is 5.11 Å². The highest BCUT2D eigenvalue weighted by molar-refractivity contribution is 14.1. The van der Waals surface area contributed by atoms with Gasteiger partial charge in [-0.05, 0) is 40.8 Å². The lowest BCUT2D eigenvalue weighted by Crippen LogP contribution is -2.06. The smallest absolute Gasteiger partial charge is 0.409 e. The van der Waals surface area contributed by atoms with Crippen LogP contribution in [0.5, 0.6) is 0 Å². The van der Waals surface area contributed by atoms with Crippen LogP contribution in [0.3, 0.4) is 0 Å². The molecule has 0 unspecified atom stereocenters. The Labute approximate surface area is 93.5 Å². The third-order valence-corrected chi connectivity index (χ3v) is 2.78. The molecule has 5 heteroatoms. The van der Waals surface area contributed by atoms with Crippen molar-refractivity contribution in [2.45, 2.75) is 0 Å². The number of rotatable bonds is 1. The van der Waals surface area contributed by atoms with E-state index >= 15 is 0 Å². The van der Waals surface area contributed by atoms with E-state index in [0.717, 1.165) is 14.5 Å². The molecule has 1 aromatic heterocycles. The zero-order chi connectivity index (χ0) is 10.1. The largest absolute Gasteiger partial charge is 0.465 e. The standard InChI is InChI=1S/C9H7IN2O2/c10-7-4-11-8-3-5(12-9(13)14)1-2-6(7)8/h1-4,11-12H,(H,13,14). The number of hydrogen-bond donors (Lipinski definition) is 3. The van der Waals surface area contributed by atoms with Crippen molar-refractivity contribution in [2.75, 3.05) is 5.32 Å². The fraction of sp³-hybridized carbons (Fsp3) is 0. The number of fused-ring (bicyclic) bond motifs is 1. The van der Waals surface area contributed by atoms with E-state index in [0.29, 0.717) is 5.69 Å². The first-order valence-corrected chi connectivity index (χ1v) is 5.01. The van der Waals surface area contributed by atoms with Crippen molar-refractivity contribution in [3.63, 3.8) is 0 Å². The number of hydrogen-bond acceptors (Lipinski definition) is 1. The van der Waals surface area contributed by atoms with Gasteiger partial charge in [0.25, 0.3) is 0 Å². The van der Waals surface area contributed by atoms with Crippen molar-refractivity contribution in [3.05, 3.63) is 28.0 Å². The van der Waals surface area contributed by atoms with Crippen LogP contribution in [0, 0.1) is 3.57 Å². The Kier molecular flexibility index (Phi) is 2.32. The molecule has 0 radical (unpaired) electrons. The van der Waals surface area contributed by atoms with E-state index < -0.39 is 6.09 Å². The minimum atomic E-state index is -1.05. The fourth-order valence-corrected chi connectivity index (χ4v) is 1.92. The summed E-state index contributed by atoms with van der Waals surface area (Å²) in [6.07, 6.45) is 0.834. The van der Waals surface area contributed by atoms with Gasteiger partial charge in [-0.3, -0.25) is 5.32 Å². The van der Waals surface area contributed by atoms with E-state index in [1.54, 1.807) is 12.1 Å². The molecule has 3 N–H and O–H groups in total. The summed E-state index contributed by atoms with van der Waals surface area (Å²) in [6.45, 7) is 0. The van der Waals surface area contributed by atoms with E-state index in [9.17, 15) is 4.79 Å². The van der Waals surface area contributed by atoms with E-state index in [2.05, 4.69) is 32.9 Å². The first-order valence-electron chi connectivity index (χ1n) is 3.93. The molecule has 1 amide bonds. The van der Waals surface area contributed by atoms with Crippen LogP contribution >= 0.6 is 22.6 Å². The highest BCUT2D eigenvalue weighted by atomic mass is 127. The van der Waals surface area contributed by atoms with Gasteiger partial charge in [-0.15, -0.1) is 0 Å². The number of carbonyl (C=O) groups is 1. The molecule has 4 nitrogen and oxygen atoms in total. The zero-order valence-electron chi connectivity index (χ0n) is 7.04. The molecule has 0 saturated heterocycles. The van der Waals surface area contributed by atoms with Crippen LogP contribution in [0.4, 0.5) is 10.5 Å². The second kappa shape index (κ2) is 3.49. The second-order valence-electron chi connectivity index (χ2n) is 2.83. The number of H-pyrrole nitrogens is 1. The molecule has 0 aliphatic rings. The SMILES string of the molecule is O=C(O)Nc1ccc2c(I)c[nH]c2c1. The molecule has 0 fully saturated rings. The van der Waals surface area contributed by atoms with Crippen molar-refractivity contribution in [1.29, 1.82) is 0 Å². The molecule has 72 valence electrons. The van der Waals surface area contributed by atoms with Gasteiger partial charge in [0.05, 0.1) is 0 Å². The van der Waals surface area contributed by atoms with Gasteiger partial charge >= 0.3 is 6.09 Å². The summed E-state index contributed by atoms with van der Waals surface area (Å²) in [5, 5.41) is 11.9. The molecule has 2 aromatic rings. The Morgan fingerprint density at radius 2 is 2.29 bits per heavy atom. The third kappa shape index (κ3) is 1.67. The van der Waals surface area contributed by atoms with Crippen molar-refractivity contribution in [3.8, 4) is 0 Å². The lowest BCUT2D eigenvalue weighted by molar-refractivity contribution is 0.210. The lowest BCUT2D eigenvalue weighted by atomic mass is 10.2. The van der Waals surface area contributed by atoms with E-state index in [1.807, 2.05) is 12.3 Å². The average Bonchev–Trinajstić information content (AvgIpc) is 2.46. The monoisotopic (exact) mass is 302 g/mol. The van der Waals surface area contributed by atoms with Gasteiger partial charge in [0.15, 0.2) is 0 Å². The highest BCUT2D eigenvalue weighted by Gasteiger charge is 2.03. The molecule has 14 heavy (non-hydrogen) atoms. The lowest BCUT2D eigenvalue weighted by Gasteiger charge is -1.99. The van der Waals surface area contributed by atoms with Gasteiger partial charge in [0, 0.05) is 26.4 Å². The Morgan fingerprint density at radius 1 is 1.50 bits per heavy atom. The Hall–Kier alpha value is -1.24. The Morgan fingerprint density at radius 3 is 3.00 bits per heavy atom. The van der Waals surface area contributed by atoms with Crippen LogP contribution in [0.25, 0.3) is 10.9 Å². The normalized spacial score (nSPS) is 10.4. The summed E-state index contributed by atoms with van der Waals surface area (Å²) in [7, 11) is 0. The maximum absolute atomic E-state index is 10.4. The van der Waals surface area contributed by atoms with Crippen molar-refractivity contribution in [2.24, 2.45) is 0 Å². The van der Waals surface area contributed by atoms with Crippen LogP contribution in [-0.2, 0) is 0 Å². The molecular formula is C9H7IN2O2. The third-order valence-electron chi connectivity index (χ3n) is 1.88. The minimum absolute atomic E-state index is 0.572. The summed E-state index contributed by atoms with van der Waals surface area (Å²) in [4.78, 5) is 13.4. The summed E-state index contributed by atoms with van der Waals surface area (Å²) >= 11 is 2.22. The van der Waals surface area contributed by atoms with E-state index in [1.165, 1.54) is 0 Å². The van der Waals surface area contributed by atoms with Crippen LogP contribution in [0.15, 0.2) is 24.4 Å². The molecule has 0 atom stereocenters. The van der Waals surface area contributed by atoms with Crippen LogP contribution < -0.4 is 5.32 Å². The maximum atomic E-state index is 10.4. The second-order valence-corrected chi connectivity index (χ2v) is 3.99. The summed E-state index contributed by atoms with van der Waals surface area (Å²) in [5.41, 5.74) is 1.50. The molecule has 0 saturated carbocycles. The van der Waals surface area contributed by atoms with Gasteiger partial charge in [-0.2, -0.15) is 0 Å². The molecule has 1 aromatic carbocycles. The predicted molar refractivity (Wildman–Crippen MR) is 62.7 cm³/mol. The quantitative estimate of drug-likeness (QED) is 0.709. The number of anilines is 1. The van der Waals surface area contributed by atoms with E-state index in [-0.39, 0.29) is 0 Å². The van der Waals surface area contributed by atoms with Crippen molar-refractivity contribution < 1.29 is 9.90 Å². The van der Waals surface area contributed by atoms with Gasteiger partial charge in [-0.25, -0.2) is 4.79 Å². The number of amides is 1. The van der Waals surface area contributed by atoms with Gasteiger partial charge in [-0.1, -0.05) is 0 Å². The molecule has 0 aliphatic carbocycles. The zero-order valence-corrected chi connectivity index (χ0v) is 9.20. The number of nitrogens with one attached hydrogen (secondary N) is 2. The van der Waals surface area contributed by atoms with Crippen molar-refractivity contribution in [1.82, 2.24) is 4.98 Å². The molecule has 2 rings (SSSR count). The number of benzene rings is 1.